The molecule has 0 spiro atoms. The molecule has 0 aromatic heterocycles. The minimum Gasteiger partial charge on any atom is -0.493 e. The van der Waals surface area contributed by atoms with Gasteiger partial charge in [0.15, 0.2) is 0 Å². The molecular weight excluding hydrogens is 290 g/mol. The van der Waals surface area contributed by atoms with Gasteiger partial charge in [-0.2, -0.15) is 0 Å². The summed E-state index contributed by atoms with van der Waals surface area (Å²) >= 11 is 0. The Hall–Kier alpha value is -1.71. The Morgan fingerprint density at radius 1 is 1.22 bits per heavy atom. The van der Waals surface area contributed by atoms with Gasteiger partial charge in [0.25, 0.3) is 0 Å². The highest BCUT2D eigenvalue weighted by molar-refractivity contribution is 5.68. The van der Waals surface area contributed by atoms with Crippen LogP contribution in [0.4, 0.5) is 4.79 Å². The summed E-state index contributed by atoms with van der Waals surface area (Å²) in [6, 6.07) is 8.28. The zero-order valence-electron chi connectivity index (χ0n) is 14.8. The topological polar surface area (TPSA) is 38.8 Å². The Morgan fingerprint density at radius 3 is 2.48 bits per heavy atom. The van der Waals surface area contributed by atoms with E-state index in [0.29, 0.717) is 5.92 Å². The fourth-order valence-corrected chi connectivity index (χ4v) is 2.86. The van der Waals surface area contributed by atoms with E-state index in [2.05, 4.69) is 19.1 Å². The molecule has 128 valence electrons. The molecule has 23 heavy (non-hydrogen) atoms. The van der Waals surface area contributed by atoms with Crippen molar-refractivity contribution in [3.63, 3.8) is 0 Å². The Bertz CT molecular complexity index is 514. The Morgan fingerprint density at radius 2 is 1.87 bits per heavy atom. The van der Waals surface area contributed by atoms with Crippen LogP contribution in [-0.2, 0) is 4.74 Å². The average Bonchev–Trinajstić information content (AvgIpc) is 2.52. The molecule has 0 bridgehead atoms. The van der Waals surface area contributed by atoms with E-state index in [0.717, 1.165) is 44.7 Å². The van der Waals surface area contributed by atoms with Gasteiger partial charge in [-0.3, -0.25) is 0 Å². The SMILES string of the molecule is CCCOc1ccccc1C1CCN(C(=O)OC(C)(C)C)CC1. The zero-order valence-corrected chi connectivity index (χ0v) is 14.8. The van der Waals surface area contributed by atoms with Gasteiger partial charge in [0, 0.05) is 13.1 Å². The maximum absolute atomic E-state index is 12.1. The van der Waals surface area contributed by atoms with Crippen LogP contribution in [-0.4, -0.2) is 36.3 Å². The van der Waals surface area contributed by atoms with Crippen molar-refractivity contribution in [2.24, 2.45) is 0 Å². The predicted octanol–water partition coefficient (Wildman–Crippen LogP) is 4.59. The summed E-state index contributed by atoms with van der Waals surface area (Å²) in [4.78, 5) is 14.0. The lowest BCUT2D eigenvalue weighted by Crippen LogP contribution is -2.41. The average molecular weight is 319 g/mol. The van der Waals surface area contributed by atoms with Gasteiger partial charge in [-0.1, -0.05) is 25.1 Å². The van der Waals surface area contributed by atoms with Crippen LogP contribution >= 0.6 is 0 Å². The van der Waals surface area contributed by atoms with Crippen LogP contribution < -0.4 is 4.74 Å². The molecule has 1 heterocycles. The van der Waals surface area contributed by atoms with E-state index in [9.17, 15) is 4.79 Å². The van der Waals surface area contributed by atoms with E-state index < -0.39 is 5.60 Å². The van der Waals surface area contributed by atoms with Crippen LogP contribution in [0.5, 0.6) is 5.75 Å². The number of piperidine rings is 1. The van der Waals surface area contributed by atoms with Gasteiger partial charge in [0.2, 0.25) is 0 Å². The second kappa shape index (κ2) is 7.71. The van der Waals surface area contributed by atoms with Gasteiger partial charge >= 0.3 is 6.09 Å². The summed E-state index contributed by atoms with van der Waals surface area (Å²) in [7, 11) is 0. The van der Waals surface area contributed by atoms with Gasteiger partial charge in [-0.25, -0.2) is 4.79 Å². The smallest absolute Gasteiger partial charge is 0.410 e. The molecule has 0 atom stereocenters. The number of amides is 1. The van der Waals surface area contributed by atoms with Gasteiger partial charge in [0.1, 0.15) is 11.4 Å². The maximum Gasteiger partial charge on any atom is 0.410 e. The molecule has 1 aliphatic rings. The van der Waals surface area contributed by atoms with Crippen molar-refractivity contribution >= 4 is 6.09 Å². The summed E-state index contributed by atoms with van der Waals surface area (Å²) in [6.07, 6.45) is 2.70. The van der Waals surface area contributed by atoms with Crippen LogP contribution in [0, 0.1) is 0 Å². The number of ether oxygens (including phenoxy) is 2. The highest BCUT2D eigenvalue weighted by Crippen LogP contribution is 2.34. The van der Waals surface area contributed by atoms with Crippen molar-refractivity contribution in [2.45, 2.75) is 58.5 Å². The Balaban J connectivity index is 1.95. The molecule has 0 radical (unpaired) electrons. The number of likely N-dealkylation sites (tertiary alicyclic amines) is 1. The molecule has 1 saturated heterocycles. The number of hydrogen-bond donors (Lipinski definition) is 0. The van der Waals surface area contributed by atoms with Crippen LogP contribution in [0.15, 0.2) is 24.3 Å². The number of carbonyl (C=O) groups is 1. The molecule has 1 aromatic rings. The van der Waals surface area contributed by atoms with Gasteiger partial charge < -0.3 is 14.4 Å². The van der Waals surface area contributed by atoms with Gasteiger partial charge in [-0.05, 0) is 57.6 Å². The molecule has 0 aliphatic carbocycles. The summed E-state index contributed by atoms with van der Waals surface area (Å²) in [6.45, 7) is 10.0. The number of rotatable bonds is 4. The molecule has 0 unspecified atom stereocenters. The second-order valence-electron chi connectivity index (χ2n) is 7.13. The molecular formula is C19H29NO3. The molecule has 0 saturated carbocycles. The summed E-state index contributed by atoms with van der Waals surface area (Å²) < 4.78 is 11.3. The van der Waals surface area contributed by atoms with Crippen LogP contribution in [0.1, 0.15) is 58.4 Å². The third-order valence-corrected chi connectivity index (χ3v) is 3.97. The molecule has 1 fully saturated rings. The fraction of sp³-hybridized carbons (Fsp3) is 0.632. The van der Waals surface area contributed by atoms with Crippen molar-refractivity contribution in [1.29, 1.82) is 0 Å². The number of nitrogens with zero attached hydrogens (tertiary/aromatic N) is 1. The van der Waals surface area contributed by atoms with E-state index in [-0.39, 0.29) is 6.09 Å². The molecule has 2 rings (SSSR count). The van der Waals surface area contributed by atoms with E-state index in [1.807, 2.05) is 37.8 Å². The molecule has 4 heteroatoms. The minimum absolute atomic E-state index is 0.202. The normalized spacial score (nSPS) is 16.3. The lowest BCUT2D eigenvalue weighted by molar-refractivity contribution is 0.0204. The molecule has 1 aliphatic heterocycles. The number of carbonyl (C=O) groups excluding carboxylic acids is 1. The minimum atomic E-state index is -0.436. The van der Waals surface area contributed by atoms with Crippen LogP contribution in [0.3, 0.4) is 0 Å². The van der Waals surface area contributed by atoms with E-state index in [4.69, 9.17) is 9.47 Å². The lowest BCUT2D eigenvalue weighted by atomic mass is 9.89. The first-order valence-electron chi connectivity index (χ1n) is 8.60. The number of para-hydroxylation sites is 1. The summed E-state index contributed by atoms with van der Waals surface area (Å²) in [5, 5.41) is 0. The van der Waals surface area contributed by atoms with Crippen molar-refractivity contribution in [2.75, 3.05) is 19.7 Å². The monoisotopic (exact) mass is 319 g/mol. The van der Waals surface area contributed by atoms with Crippen LogP contribution in [0.2, 0.25) is 0 Å². The first-order valence-corrected chi connectivity index (χ1v) is 8.60. The van der Waals surface area contributed by atoms with E-state index in [1.165, 1.54) is 5.56 Å². The molecule has 4 nitrogen and oxygen atoms in total. The Labute approximate surface area is 139 Å². The van der Waals surface area contributed by atoms with Gasteiger partial charge in [-0.15, -0.1) is 0 Å². The maximum atomic E-state index is 12.1. The van der Waals surface area contributed by atoms with Crippen molar-refractivity contribution < 1.29 is 14.3 Å². The summed E-state index contributed by atoms with van der Waals surface area (Å²) in [5.41, 5.74) is 0.832. The third-order valence-electron chi connectivity index (χ3n) is 3.97. The second-order valence-corrected chi connectivity index (χ2v) is 7.13. The zero-order chi connectivity index (χ0) is 16.9. The standard InChI is InChI=1S/C19H29NO3/c1-5-14-22-17-9-7-6-8-16(17)15-10-12-20(13-11-15)18(21)23-19(2,3)4/h6-9,15H,5,10-14H2,1-4H3. The Kier molecular flexibility index (Phi) is 5.91. The molecule has 1 aromatic carbocycles. The number of hydrogen-bond acceptors (Lipinski definition) is 3. The van der Waals surface area contributed by atoms with Crippen molar-refractivity contribution in [3.8, 4) is 5.75 Å². The number of benzene rings is 1. The third kappa shape index (κ3) is 5.15. The van der Waals surface area contributed by atoms with Crippen LogP contribution in [0.25, 0.3) is 0 Å². The predicted molar refractivity (Wildman–Crippen MR) is 92.0 cm³/mol. The highest BCUT2D eigenvalue weighted by atomic mass is 16.6. The fourth-order valence-electron chi connectivity index (χ4n) is 2.86. The first kappa shape index (κ1) is 17.6. The quantitative estimate of drug-likeness (QED) is 0.814. The largest absolute Gasteiger partial charge is 0.493 e. The van der Waals surface area contributed by atoms with E-state index >= 15 is 0 Å². The van der Waals surface area contributed by atoms with Crippen molar-refractivity contribution in [3.05, 3.63) is 29.8 Å². The van der Waals surface area contributed by atoms with Crippen molar-refractivity contribution in [1.82, 2.24) is 4.90 Å². The first-order chi connectivity index (χ1) is 10.9. The lowest BCUT2D eigenvalue weighted by Gasteiger charge is -2.34. The van der Waals surface area contributed by atoms with E-state index in [1.54, 1.807) is 0 Å². The highest BCUT2D eigenvalue weighted by Gasteiger charge is 2.28. The molecule has 1 amide bonds. The molecule has 0 N–H and O–H groups in total. The van der Waals surface area contributed by atoms with Gasteiger partial charge in [0.05, 0.1) is 6.61 Å². The summed E-state index contributed by atoms with van der Waals surface area (Å²) in [5.74, 6) is 1.44.